The second-order valence-corrected chi connectivity index (χ2v) is 19.0. The van der Waals surface area contributed by atoms with Crippen LogP contribution in [0.15, 0.2) is 219 Å². The van der Waals surface area contributed by atoms with Gasteiger partial charge < -0.3 is 14.6 Å². The fraction of sp³-hybridized carbons (Fsp3) is 0.479. The first kappa shape index (κ1) is 72.2. The lowest BCUT2D eigenvalue weighted by molar-refractivity contribution is -0.161. The zero-order chi connectivity index (χ0) is 56.2. The van der Waals surface area contributed by atoms with Gasteiger partial charge in [0.05, 0.1) is 6.61 Å². The van der Waals surface area contributed by atoms with Crippen molar-refractivity contribution < 1.29 is 24.2 Å². The van der Waals surface area contributed by atoms with Crippen molar-refractivity contribution in [1.82, 2.24) is 0 Å². The van der Waals surface area contributed by atoms with Gasteiger partial charge in [0.1, 0.15) is 6.61 Å². The van der Waals surface area contributed by atoms with Crippen LogP contribution < -0.4 is 0 Å². The number of aliphatic hydroxyl groups excluding tert-OH is 1. The lowest BCUT2D eigenvalue weighted by Crippen LogP contribution is -2.28. The Morgan fingerprint density at radius 2 is 0.513 bits per heavy atom. The van der Waals surface area contributed by atoms with Crippen molar-refractivity contribution >= 4 is 11.9 Å². The molecule has 0 radical (unpaired) electrons. The first-order valence-corrected chi connectivity index (χ1v) is 30.3. The summed E-state index contributed by atoms with van der Waals surface area (Å²) in [6, 6.07) is 0. The summed E-state index contributed by atoms with van der Waals surface area (Å²) in [6.07, 6.45) is 108. The lowest BCUT2D eigenvalue weighted by Gasteiger charge is -2.15. The number of hydrogen-bond acceptors (Lipinski definition) is 5. The highest BCUT2D eigenvalue weighted by Crippen LogP contribution is 2.11. The second-order valence-electron chi connectivity index (χ2n) is 19.0. The molecule has 0 saturated heterocycles. The number of rotatable bonds is 52. The van der Waals surface area contributed by atoms with Crippen LogP contribution in [0.4, 0.5) is 0 Å². The minimum absolute atomic E-state index is 0.107. The highest BCUT2D eigenvalue weighted by molar-refractivity contribution is 5.70. The minimum Gasteiger partial charge on any atom is -0.462 e. The lowest BCUT2D eigenvalue weighted by atomic mass is 10.1. The van der Waals surface area contributed by atoms with E-state index in [0.717, 1.165) is 180 Å². The van der Waals surface area contributed by atoms with Crippen molar-refractivity contribution in [2.45, 2.75) is 213 Å². The van der Waals surface area contributed by atoms with E-state index in [4.69, 9.17) is 9.47 Å². The van der Waals surface area contributed by atoms with Crippen LogP contribution in [0, 0.1) is 0 Å². The van der Waals surface area contributed by atoms with Crippen LogP contribution in [0.1, 0.15) is 206 Å². The number of carbonyl (C=O) groups excluding carboxylic acids is 2. The zero-order valence-electron chi connectivity index (χ0n) is 49.1. The third-order valence-electron chi connectivity index (χ3n) is 11.8. The molecule has 1 atom stereocenters. The van der Waals surface area contributed by atoms with Gasteiger partial charge in [0.2, 0.25) is 0 Å². The Balaban J connectivity index is 3.73. The van der Waals surface area contributed by atoms with E-state index in [9.17, 15) is 14.7 Å². The summed E-state index contributed by atoms with van der Waals surface area (Å²) in [7, 11) is 0. The van der Waals surface area contributed by atoms with E-state index >= 15 is 0 Å². The molecule has 0 aromatic heterocycles. The van der Waals surface area contributed by atoms with Gasteiger partial charge in [-0.2, -0.15) is 0 Å². The van der Waals surface area contributed by atoms with E-state index in [2.05, 4.69) is 233 Å². The molecule has 0 bridgehead atoms. The van der Waals surface area contributed by atoms with Crippen LogP contribution >= 0.6 is 0 Å². The Bertz CT molecular complexity index is 1930. The SMILES string of the molecule is CC/C=C\C/C=C\C/C=C\C/C=C\C/C=C\C/C=C\C/C=C\C/C=C\C/C=C\C/C=C\C/C=C\CCCCCC(=O)OC(CO)COC(=O)CCCCCCC/C=C\C/C=C\C/C=C\C/C=C\C/C=C\C/C=C\C/C=C\CC. The Kier molecular flexibility index (Phi) is 60.6. The van der Waals surface area contributed by atoms with Crippen LogP contribution in [0.5, 0.6) is 0 Å². The average molecular weight is 1070 g/mol. The van der Waals surface area contributed by atoms with E-state index < -0.39 is 6.10 Å². The molecule has 5 nitrogen and oxygen atoms in total. The third kappa shape index (κ3) is 62.8. The van der Waals surface area contributed by atoms with Gasteiger partial charge in [0.15, 0.2) is 6.10 Å². The summed E-state index contributed by atoms with van der Waals surface area (Å²) in [5.41, 5.74) is 0. The zero-order valence-corrected chi connectivity index (χ0v) is 49.1. The van der Waals surface area contributed by atoms with Crippen molar-refractivity contribution in [3.63, 3.8) is 0 Å². The predicted octanol–water partition coefficient (Wildman–Crippen LogP) is 21.2. The van der Waals surface area contributed by atoms with Gasteiger partial charge in [-0.15, -0.1) is 0 Å². The standard InChI is InChI=1S/C73H108O5/c1-3-5-7-9-11-13-15-17-19-21-23-25-27-29-31-32-33-34-35-36-37-38-39-40-42-44-46-48-50-52-54-56-58-60-62-64-66-68-73(76)78-71(69-74)70-77-72(75)67-65-63-61-59-57-55-53-51-49-47-45-43-41-30-28-26-24-22-20-18-16-14-12-10-8-6-4-2/h5-8,11-14,17-20,23-26,29-31,33-34,36-37,39-41,44-47,50-53,56,58,71,74H,3-4,9-10,15-16,21-22,27-28,32,35,38,42-43,48-49,54-55,57,59-70H2,1-2H3/b7-5-,8-6-,13-11-,14-12-,19-17-,20-18-,25-23-,26-24-,31-29-,34-33-,37-36-,40-39-,41-30-,46-44-,47-45-,52-50-,53-51-,58-56-. The number of hydrogen-bond donors (Lipinski definition) is 1. The quantitative estimate of drug-likeness (QED) is 0.0373. The Morgan fingerprint density at radius 3 is 0.782 bits per heavy atom. The number of ether oxygens (including phenoxy) is 2. The summed E-state index contributed by atoms with van der Waals surface area (Å²) < 4.78 is 10.7. The molecule has 0 aromatic carbocycles. The fourth-order valence-electron chi connectivity index (χ4n) is 7.30. The molecular formula is C73H108O5. The number of unbranched alkanes of at least 4 members (excludes halogenated alkanes) is 8. The molecule has 0 heterocycles. The number of allylic oxidation sites excluding steroid dienone is 36. The normalized spacial score (nSPS) is 13.8. The molecule has 1 unspecified atom stereocenters. The monoisotopic (exact) mass is 1060 g/mol. The summed E-state index contributed by atoms with van der Waals surface area (Å²) in [6.45, 7) is 3.85. The number of aliphatic hydroxyl groups is 1. The van der Waals surface area contributed by atoms with Crippen molar-refractivity contribution in [3.05, 3.63) is 219 Å². The molecule has 1 N–H and O–H groups in total. The van der Waals surface area contributed by atoms with Gasteiger partial charge in [-0.25, -0.2) is 0 Å². The molecule has 0 spiro atoms. The van der Waals surface area contributed by atoms with Crippen LogP contribution in [0.3, 0.4) is 0 Å². The van der Waals surface area contributed by atoms with Crippen LogP contribution in [0.2, 0.25) is 0 Å². The minimum atomic E-state index is -0.819. The Labute approximate surface area is 478 Å². The van der Waals surface area contributed by atoms with Crippen molar-refractivity contribution in [3.8, 4) is 0 Å². The molecule has 78 heavy (non-hydrogen) atoms. The molecule has 0 rings (SSSR count). The molecular weight excluding hydrogens is 957 g/mol. The van der Waals surface area contributed by atoms with Crippen LogP contribution in [0.25, 0.3) is 0 Å². The van der Waals surface area contributed by atoms with Gasteiger partial charge in [0.25, 0.3) is 0 Å². The highest BCUT2D eigenvalue weighted by Gasteiger charge is 2.16. The molecule has 5 heteroatoms. The van der Waals surface area contributed by atoms with E-state index in [1.54, 1.807) is 0 Å². The van der Waals surface area contributed by atoms with Crippen LogP contribution in [-0.4, -0.2) is 36.4 Å². The maximum atomic E-state index is 12.3. The maximum Gasteiger partial charge on any atom is 0.306 e. The summed E-state index contributed by atoms with van der Waals surface area (Å²) in [5.74, 6) is -0.672. The molecule has 0 amide bonds. The highest BCUT2D eigenvalue weighted by atomic mass is 16.6. The predicted molar refractivity (Wildman–Crippen MR) is 342 cm³/mol. The van der Waals surface area contributed by atoms with E-state index in [1.165, 1.54) is 0 Å². The topological polar surface area (TPSA) is 72.8 Å². The van der Waals surface area contributed by atoms with Crippen molar-refractivity contribution in [2.24, 2.45) is 0 Å². The van der Waals surface area contributed by atoms with E-state index in [0.29, 0.717) is 12.8 Å². The summed E-state index contributed by atoms with van der Waals surface area (Å²) in [4.78, 5) is 24.6. The first-order chi connectivity index (χ1) is 38.6. The second kappa shape index (κ2) is 65.5. The summed E-state index contributed by atoms with van der Waals surface area (Å²) >= 11 is 0. The van der Waals surface area contributed by atoms with Crippen molar-refractivity contribution in [1.29, 1.82) is 0 Å². The molecule has 0 aromatic rings. The fourth-order valence-corrected chi connectivity index (χ4v) is 7.30. The molecule has 430 valence electrons. The van der Waals surface area contributed by atoms with Gasteiger partial charge in [-0.1, -0.05) is 258 Å². The van der Waals surface area contributed by atoms with Gasteiger partial charge in [-0.3, -0.25) is 9.59 Å². The largest absolute Gasteiger partial charge is 0.462 e. The molecule has 0 aliphatic rings. The molecule has 0 fully saturated rings. The maximum absolute atomic E-state index is 12.3. The first-order valence-electron chi connectivity index (χ1n) is 30.3. The Hall–Kier alpha value is -5.78. The van der Waals surface area contributed by atoms with Gasteiger partial charge in [0, 0.05) is 12.8 Å². The van der Waals surface area contributed by atoms with E-state index in [1.807, 2.05) is 0 Å². The number of carbonyl (C=O) groups is 2. The van der Waals surface area contributed by atoms with Gasteiger partial charge >= 0.3 is 11.9 Å². The van der Waals surface area contributed by atoms with Crippen molar-refractivity contribution in [2.75, 3.05) is 13.2 Å². The smallest absolute Gasteiger partial charge is 0.306 e. The average Bonchev–Trinajstić information content (AvgIpc) is 3.44. The van der Waals surface area contributed by atoms with E-state index in [-0.39, 0.29) is 25.2 Å². The Morgan fingerprint density at radius 1 is 0.295 bits per heavy atom. The third-order valence-corrected chi connectivity index (χ3v) is 11.8. The van der Waals surface area contributed by atoms with Gasteiger partial charge in [-0.05, 0) is 154 Å². The number of esters is 2. The molecule has 0 aliphatic carbocycles. The molecule has 0 saturated carbocycles. The molecule has 0 aliphatic heterocycles. The summed E-state index contributed by atoms with van der Waals surface area (Å²) in [5, 5.41) is 9.66. The van der Waals surface area contributed by atoms with Crippen LogP contribution in [-0.2, 0) is 19.1 Å².